The van der Waals surface area contributed by atoms with Crippen molar-refractivity contribution in [3.8, 4) is 0 Å². The van der Waals surface area contributed by atoms with Crippen molar-refractivity contribution >= 4 is 52.9 Å². The van der Waals surface area contributed by atoms with Gasteiger partial charge in [0, 0.05) is 17.5 Å². The highest BCUT2D eigenvalue weighted by atomic mass is 14.7. The van der Waals surface area contributed by atoms with Gasteiger partial charge in [0.1, 0.15) is 0 Å². The summed E-state index contributed by atoms with van der Waals surface area (Å²) in [5, 5.41) is 4.04. The van der Waals surface area contributed by atoms with Crippen LogP contribution in [0.1, 0.15) is 62.4 Å². The van der Waals surface area contributed by atoms with Gasteiger partial charge in [-0.3, -0.25) is 4.99 Å². The normalized spacial score (nSPS) is 13.3. The van der Waals surface area contributed by atoms with Gasteiger partial charge in [-0.25, -0.2) is 0 Å². The molecule has 0 unspecified atom stereocenters. The molecule has 0 aliphatic carbocycles. The van der Waals surface area contributed by atoms with Crippen molar-refractivity contribution in [3.63, 3.8) is 0 Å². The largest absolute Gasteiger partial charge is 0.261 e. The van der Waals surface area contributed by atoms with E-state index in [0.29, 0.717) is 0 Å². The van der Waals surface area contributed by atoms with Crippen molar-refractivity contribution in [2.75, 3.05) is 0 Å². The Morgan fingerprint density at radius 1 is 0.702 bits per heavy atom. The molecule has 1 heteroatoms. The average Bonchev–Trinajstić information content (AvgIpc) is 3.08. The molecule has 0 spiro atoms. The number of fused-ring (bicyclic) bond motifs is 1. The van der Waals surface area contributed by atoms with Gasteiger partial charge in [-0.2, -0.15) is 0 Å². The second-order valence-corrected chi connectivity index (χ2v) is 11.0. The zero-order chi connectivity index (χ0) is 34.3. The molecule has 3 aromatic carbocycles. The number of aliphatic imine (C=N–C) groups is 1. The van der Waals surface area contributed by atoms with Crippen LogP contribution in [0.3, 0.4) is 0 Å². The molecule has 47 heavy (non-hydrogen) atoms. The molecule has 0 saturated heterocycles. The third kappa shape index (κ3) is 8.81. The lowest BCUT2D eigenvalue weighted by molar-refractivity contribution is 1.36. The minimum atomic E-state index is 0.910. The van der Waals surface area contributed by atoms with E-state index in [1.54, 1.807) is 0 Å². The summed E-state index contributed by atoms with van der Waals surface area (Å²) in [5.41, 5.74) is 10.2. The van der Waals surface area contributed by atoms with E-state index in [-0.39, 0.29) is 0 Å². The zero-order valence-electron chi connectivity index (χ0n) is 28.7. The molecule has 0 saturated carbocycles. The molecular formula is C46H47N. The number of nitrogens with zero attached hydrogens (tertiary/aromatic N) is 1. The quantitative estimate of drug-likeness (QED) is 0.151. The van der Waals surface area contributed by atoms with Crippen LogP contribution in [-0.4, -0.2) is 5.71 Å². The van der Waals surface area contributed by atoms with Crippen LogP contribution in [0.4, 0.5) is 0 Å². The van der Waals surface area contributed by atoms with Crippen LogP contribution >= 0.6 is 0 Å². The van der Waals surface area contributed by atoms with Gasteiger partial charge in [-0.1, -0.05) is 154 Å². The number of benzene rings is 2. The first-order chi connectivity index (χ1) is 22.8. The summed E-state index contributed by atoms with van der Waals surface area (Å²) in [7, 11) is 0. The highest BCUT2D eigenvalue weighted by Gasteiger charge is 2.19. The van der Waals surface area contributed by atoms with Crippen molar-refractivity contribution in [1.82, 2.24) is 0 Å². The molecule has 0 radical (unpaired) electrons. The zero-order valence-corrected chi connectivity index (χ0v) is 28.7. The fourth-order valence-electron chi connectivity index (χ4n) is 5.49. The first-order valence-electron chi connectivity index (χ1n) is 15.9. The first-order valence-corrected chi connectivity index (χ1v) is 15.9. The van der Waals surface area contributed by atoms with Crippen molar-refractivity contribution < 1.29 is 0 Å². The first kappa shape index (κ1) is 35.9. The maximum absolute atomic E-state index is 4.99. The molecule has 1 nitrogen and oxygen atoms in total. The Morgan fingerprint density at radius 2 is 1.36 bits per heavy atom. The van der Waals surface area contributed by atoms with E-state index < -0.39 is 0 Å². The molecule has 3 aromatic rings. The predicted molar refractivity (Wildman–Crippen MR) is 214 cm³/mol. The SMILES string of the molecule is C=CC(=C\C=C/C)/C(C)=C/N=C(C)c1c(/C=C\C)c(C=C)c(/C(C=C)=C/C(=C\C)c2cccc(=C)ccccc2=C)c2ccccc12. The average molecular weight is 614 g/mol. The Morgan fingerprint density at radius 3 is 1.98 bits per heavy atom. The van der Waals surface area contributed by atoms with Crippen LogP contribution in [-0.2, 0) is 0 Å². The number of allylic oxidation sites excluding steroid dienone is 12. The van der Waals surface area contributed by atoms with Crippen LogP contribution in [0.25, 0.3) is 47.2 Å². The Hall–Kier alpha value is -5.53. The van der Waals surface area contributed by atoms with E-state index in [1.165, 1.54) is 0 Å². The van der Waals surface area contributed by atoms with Crippen molar-refractivity contribution in [2.24, 2.45) is 4.99 Å². The standard InChI is InChI=1S/C46H47N/c1-11-17-27-37(13-3)35(9)32-47-36(10)45-42(23-12-2)40(16-6)46(44-29-21-20-28-43(44)45)39(15-5)31-38(14-4)41-30-22-25-33(7)24-18-19-26-34(41)8/h11-32H,3,5-8H2,1-2,4,9-10H3/b17-11-,23-12-,24-18?,25-22?,26-19?,35-32+,37-27+,38-14+,39-31+,41-30?,47-36?. The predicted octanol–water partition coefficient (Wildman–Crippen LogP) is 11.5. The Labute approximate surface area is 282 Å². The van der Waals surface area contributed by atoms with Gasteiger partial charge in [0.15, 0.2) is 0 Å². The summed E-state index contributed by atoms with van der Waals surface area (Å²) in [5.74, 6) is 0. The van der Waals surface area contributed by atoms with Crippen LogP contribution in [0.15, 0.2) is 157 Å². The Balaban J connectivity index is 2.43. The van der Waals surface area contributed by atoms with Crippen LogP contribution in [0.2, 0.25) is 0 Å². The monoisotopic (exact) mass is 613 g/mol. The molecule has 0 aromatic heterocycles. The number of hydrogen-bond acceptors (Lipinski definition) is 1. The highest BCUT2D eigenvalue weighted by molar-refractivity contribution is 6.17. The topological polar surface area (TPSA) is 12.4 Å². The lowest BCUT2D eigenvalue weighted by Gasteiger charge is -2.20. The summed E-state index contributed by atoms with van der Waals surface area (Å²) in [6.07, 6.45) is 22.2. The fraction of sp³-hybridized carbons (Fsp3) is 0.109. The molecule has 0 heterocycles. The minimum Gasteiger partial charge on any atom is -0.261 e. The van der Waals surface area contributed by atoms with E-state index in [4.69, 9.17) is 4.99 Å². The van der Waals surface area contributed by atoms with E-state index in [1.807, 2.05) is 99.8 Å². The van der Waals surface area contributed by atoms with Gasteiger partial charge in [0.2, 0.25) is 0 Å². The summed E-state index contributed by atoms with van der Waals surface area (Å²) in [4.78, 5) is 4.99. The van der Waals surface area contributed by atoms with Gasteiger partial charge < -0.3 is 0 Å². The van der Waals surface area contributed by atoms with E-state index >= 15 is 0 Å². The summed E-state index contributed by atoms with van der Waals surface area (Å²) >= 11 is 0. The van der Waals surface area contributed by atoms with Gasteiger partial charge in [0.25, 0.3) is 0 Å². The summed E-state index contributed by atoms with van der Waals surface area (Å²) in [6.45, 7) is 31.3. The third-order valence-electron chi connectivity index (χ3n) is 7.87. The minimum absolute atomic E-state index is 0.910. The van der Waals surface area contributed by atoms with Gasteiger partial charge in [-0.15, -0.1) is 0 Å². The van der Waals surface area contributed by atoms with Crippen LogP contribution in [0, 0.1) is 0 Å². The lowest BCUT2D eigenvalue weighted by Crippen LogP contribution is -2.06. The van der Waals surface area contributed by atoms with Gasteiger partial charge in [0.05, 0.1) is 0 Å². The second kappa shape index (κ2) is 17.8. The van der Waals surface area contributed by atoms with E-state index in [9.17, 15) is 0 Å². The van der Waals surface area contributed by atoms with Crippen molar-refractivity contribution in [3.05, 3.63) is 191 Å². The van der Waals surface area contributed by atoms with E-state index in [2.05, 4.69) is 101 Å². The third-order valence-corrected chi connectivity index (χ3v) is 7.87. The van der Waals surface area contributed by atoms with Crippen molar-refractivity contribution in [2.45, 2.75) is 34.6 Å². The summed E-state index contributed by atoms with van der Waals surface area (Å²) < 4.78 is 0. The molecular weight excluding hydrogens is 567 g/mol. The Kier molecular flexibility index (Phi) is 13.6. The number of hydrogen-bond donors (Lipinski definition) is 0. The maximum atomic E-state index is 4.99. The van der Waals surface area contributed by atoms with Crippen LogP contribution < -0.4 is 10.4 Å². The molecule has 236 valence electrons. The maximum Gasteiger partial charge on any atom is 0.0457 e. The molecule has 0 N–H and O–H groups in total. The molecule has 0 aliphatic heterocycles. The van der Waals surface area contributed by atoms with Gasteiger partial charge >= 0.3 is 0 Å². The molecule has 3 rings (SSSR count). The second-order valence-electron chi connectivity index (χ2n) is 11.0. The molecule has 0 atom stereocenters. The van der Waals surface area contributed by atoms with Gasteiger partial charge in [-0.05, 0) is 106 Å². The smallest absolute Gasteiger partial charge is 0.0457 e. The van der Waals surface area contributed by atoms with Crippen LogP contribution in [0.5, 0.6) is 0 Å². The Bertz CT molecular complexity index is 2050. The molecule has 0 aliphatic rings. The molecule has 0 amide bonds. The van der Waals surface area contributed by atoms with E-state index in [0.717, 1.165) is 77.0 Å². The van der Waals surface area contributed by atoms with Crippen molar-refractivity contribution in [1.29, 1.82) is 0 Å². The molecule has 0 bridgehead atoms. The number of rotatable bonds is 11. The molecule has 0 fully saturated rings. The summed E-state index contributed by atoms with van der Waals surface area (Å²) in [6, 6.07) is 22.6. The highest BCUT2D eigenvalue weighted by Crippen LogP contribution is 2.38. The lowest BCUT2D eigenvalue weighted by atomic mass is 9.83. The fourth-order valence-corrected chi connectivity index (χ4v) is 5.49.